The van der Waals surface area contributed by atoms with E-state index < -0.39 is 10.0 Å². The first-order valence-corrected chi connectivity index (χ1v) is 7.20. The number of rotatable bonds is 3. The lowest BCUT2D eigenvalue weighted by atomic mass is 10.2. The van der Waals surface area contributed by atoms with Crippen LogP contribution in [0.2, 0.25) is 0 Å². The number of nitrogens with one attached hydrogen (secondary N) is 1. The zero-order valence-corrected chi connectivity index (χ0v) is 11.6. The third-order valence-electron chi connectivity index (χ3n) is 2.38. The van der Waals surface area contributed by atoms with Crippen molar-refractivity contribution >= 4 is 15.7 Å². The molecule has 0 radical (unpaired) electrons. The molecule has 20 heavy (non-hydrogen) atoms. The number of aromatic nitrogens is 2. The van der Waals surface area contributed by atoms with Gasteiger partial charge in [-0.2, -0.15) is 8.42 Å². The molecule has 0 fully saturated rings. The predicted octanol–water partition coefficient (Wildman–Crippen LogP) is 0.565. The van der Waals surface area contributed by atoms with E-state index in [1.165, 1.54) is 12.5 Å². The highest BCUT2D eigenvalue weighted by molar-refractivity contribution is 7.92. The largest absolute Gasteiger partial charge is 0.384 e. The Hall–Kier alpha value is -2.30. The summed E-state index contributed by atoms with van der Waals surface area (Å²) < 4.78 is 28.1. The maximum Gasteiger partial charge on any atom is 0.280 e. The van der Waals surface area contributed by atoms with Crippen LogP contribution in [-0.2, 0) is 17.1 Å². The molecule has 0 bridgehead atoms. The molecule has 0 saturated heterocycles. The topological polar surface area (TPSA) is 84.2 Å². The van der Waals surface area contributed by atoms with Crippen LogP contribution < -0.4 is 4.72 Å². The first-order chi connectivity index (χ1) is 9.51. The number of aryl methyl sites for hydroxylation is 1. The zero-order chi connectivity index (χ0) is 14.6. The Balaban J connectivity index is 2.25. The van der Waals surface area contributed by atoms with E-state index >= 15 is 0 Å². The van der Waals surface area contributed by atoms with Gasteiger partial charge in [0.15, 0.2) is 5.03 Å². The quantitative estimate of drug-likeness (QED) is 0.810. The molecule has 0 aliphatic heterocycles. The number of anilines is 1. The molecule has 0 atom stereocenters. The monoisotopic (exact) mass is 291 g/mol. The Morgan fingerprint density at radius 3 is 2.90 bits per heavy atom. The Labute approximate surface area is 117 Å². The maximum atomic E-state index is 12.1. The fourth-order valence-corrected chi connectivity index (χ4v) is 2.57. The summed E-state index contributed by atoms with van der Waals surface area (Å²) in [5, 5.41) is 8.59. The summed E-state index contributed by atoms with van der Waals surface area (Å²) in [7, 11) is -2.02. The van der Waals surface area contributed by atoms with E-state index in [2.05, 4.69) is 21.5 Å². The zero-order valence-electron chi connectivity index (χ0n) is 10.7. The normalized spacial score (nSPS) is 10.7. The standard InChI is InChI=1S/C13H13N3O3S/c1-16-9-13(14-10-16)20(18,19)15-12-6-2-4-11(8-12)5-3-7-17/h2,4,6,8-10,15,17H,7H2,1H3. The second kappa shape index (κ2) is 5.77. The molecule has 7 heteroatoms. The minimum absolute atomic E-state index is 0.0492. The molecule has 6 nitrogen and oxygen atoms in total. The highest BCUT2D eigenvalue weighted by Gasteiger charge is 2.16. The lowest BCUT2D eigenvalue weighted by molar-refractivity contribution is 0.350. The van der Waals surface area contributed by atoms with Crippen molar-refractivity contribution in [2.75, 3.05) is 11.3 Å². The molecule has 0 saturated carbocycles. The summed E-state index contributed by atoms with van der Waals surface area (Å²) in [6.45, 7) is -0.246. The highest BCUT2D eigenvalue weighted by Crippen LogP contribution is 2.15. The van der Waals surface area contributed by atoms with Crippen LogP contribution >= 0.6 is 0 Å². The Morgan fingerprint density at radius 2 is 2.25 bits per heavy atom. The summed E-state index contributed by atoms with van der Waals surface area (Å²) >= 11 is 0. The molecule has 0 spiro atoms. The average Bonchev–Trinajstić information content (AvgIpc) is 2.84. The van der Waals surface area contributed by atoms with Gasteiger partial charge in [0.2, 0.25) is 0 Å². The number of aliphatic hydroxyl groups excluding tert-OH is 1. The first kappa shape index (κ1) is 14.1. The number of benzene rings is 1. The van der Waals surface area contributed by atoms with Crippen LogP contribution in [0, 0.1) is 11.8 Å². The van der Waals surface area contributed by atoms with Gasteiger partial charge in [-0.25, -0.2) is 4.98 Å². The van der Waals surface area contributed by atoms with Crippen LogP contribution in [0.4, 0.5) is 5.69 Å². The first-order valence-electron chi connectivity index (χ1n) is 5.72. The second-order valence-corrected chi connectivity index (χ2v) is 5.65. The molecular formula is C13H13N3O3S. The summed E-state index contributed by atoms with van der Waals surface area (Å²) in [6, 6.07) is 6.60. The Kier molecular flexibility index (Phi) is 4.08. The summed E-state index contributed by atoms with van der Waals surface area (Å²) in [4.78, 5) is 3.81. The van der Waals surface area contributed by atoms with Crippen molar-refractivity contribution in [3.8, 4) is 11.8 Å². The fraction of sp³-hybridized carbons (Fsp3) is 0.154. The number of imidazole rings is 1. The fourth-order valence-electron chi connectivity index (χ4n) is 1.54. The molecule has 1 heterocycles. The maximum absolute atomic E-state index is 12.1. The summed E-state index contributed by atoms with van der Waals surface area (Å²) in [6.07, 6.45) is 2.83. The summed E-state index contributed by atoms with van der Waals surface area (Å²) in [5.41, 5.74) is 1.00. The van der Waals surface area contributed by atoms with Crippen molar-refractivity contribution in [2.45, 2.75) is 5.03 Å². The molecule has 0 aliphatic rings. The van der Waals surface area contributed by atoms with Crippen LogP contribution in [-0.4, -0.2) is 29.7 Å². The van der Waals surface area contributed by atoms with Crippen molar-refractivity contribution in [2.24, 2.45) is 7.05 Å². The van der Waals surface area contributed by atoms with Gasteiger partial charge < -0.3 is 9.67 Å². The van der Waals surface area contributed by atoms with Gasteiger partial charge in [-0.1, -0.05) is 17.9 Å². The van der Waals surface area contributed by atoms with Gasteiger partial charge in [-0.05, 0) is 18.2 Å². The molecular weight excluding hydrogens is 278 g/mol. The third-order valence-corrected chi connectivity index (χ3v) is 3.65. The SMILES string of the molecule is Cn1cnc(S(=O)(=O)Nc2cccc(C#CCO)c2)c1. The lowest BCUT2D eigenvalue weighted by Gasteiger charge is -2.05. The molecule has 2 aromatic rings. The van der Waals surface area contributed by atoms with Gasteiger partial charge in [0.1, 0.15) is 6.61 Å². The average molecular weight is 291 g/mol. The second-order valence-electron chi connectivity index (χ2n) is 4.02. The van der Waals surface area contributed by atoms with Gasteiger partial charge in [0.25, 0.3) is 10.0 Å². The number of sulfonamides is 1. The van der Waals surface area contributed by atoms with E-state index in [-0.39, 0.29) is 11.6 Å². The molecule has 0 aliphatic carbocycles. The van der Waals surface area contributed by atoms with Gasteiger partial charge in [0.05, 0.1) is 12.0 Å². The van der Waals surface area contributed by atoms with E-state index in [1.807, 2.05) is 0 Å². The number of hydrogen-bond donors (Lipinski definition) is 2. The van der Waals surface area contributed by atoms with Crippen LogP contribution in [0.15, 0.2) is 41.8 Å². The molecule has 0 unspecified atom stereocenters. The molecule has 1 aromatic carbocycles. The smallest absolute Gasteiger partial charge is 0.280 e. The molecule has 104 valence electrons. The predicted molar refractivity (Wildman–Crippen MR) is 74.4 cm³/mol. The third kappa shape index (κ3) is 3.38. The van der Waals surface area contributed by atoms with Crippen molar-refractivity contribution in [3.05, 3.63) is 42.4 Å². The Bertz CT molecular complexity index is 769. The minimum atomic E-state index is -3.71. The van der Waals surface area contributed by atoms with E-state index in [0.717, 1.165) is 0 Å². The Morgan fingerprint density at radius 1 is 1.45 bits per heavy atom. The van der Waals surface area contributed by atoms with Gasteiger partial charge in [-0.15, -0.1) is 0 Å². The highest BCUT2D eigenvalue weighted by atomic mass is 32.2. The van der Waals surface area contributed by atoms with Crippen molar-refractivity contribution < 1.29 is 13.5 Å². The van der Waals surface area contributed by atoms with E-state index in [0.29, 0.717) is 11.3 Å². The van der Waals surface area contributed by atoms with Crippen LogP contribution in [0.5, 0.6) is 0 Å². The van der Waals surface area contributed by atoms with E-state index in [9.17, 15) is 8.42 Å². The van der Waals surface area contributed by atoms with Crippen molar-refractivity contribution in [1.29, 1.82) is 0 Å². The van der Waals surface area contributed by atoms with Gasteiger partial charge in [-0.3, -0.25) is 4.72 Å². The lowest BCUT2D eigenvalue weighted by Crippen LogP contribution is -2.13. The van der Waals surface area contributed by atoms with Crippen molar-refractivity contribution in [3.63, 3.8) is 0 Å². The van der Waals surface area contributed by atoms with Gasteiger partial charge in [0, 0.05) is 18.8 Å². The van der Waals surface area contributed by atoms with Crippen molar-refractivity contribution in [1.82, 2.24) is 9.55 Å². The number of aliphatic hydroxyl groups is 1. The minimum Gasteiger partial charge on any atom is -0.384 e. The summed E-state index contributed by atoms with van der Waals surface area (Å²) in [5.74, 6) is 5.21. The number of nitrogens with zero attached hydrogens (tertiary/aromatic N) is 2. The molecule has 2 rings (SSSR count). The van der Waals surface area contributed by atoms with Gasteiger partial charge >= 0.3 is 0 Å². The van der Waals surface area contributed by atoms with E-state index in [1.54, 1.807) is 35.9 Å². The van der Waals surface area contributed by atoms with Crippen LogP contribution in [0.25, 0.3) is 0 Å². The van der Waals surface area contributed by atoms with Crippen LogP contribution in [0.1, 0.15) is 5.56 Å². The molecule has 0 amide bonds. The van der Waals surface area contributed by atoms with E-state index in [4.69, 9.17) is 5.11 Å². The van der Waals surface area contributed by atoms with Crippen LogP contribution in [0.3, 0.4) is 0 Å². The molecule has 1 aromatic heterocycles. The molecule has 2 N–H and O–H groups in total. The number of hydrogen-bond acceptors (Lipinski definition) is 4.